The number of fused-ring (bicyclic) bond motifs is 5. The van der Waals surface area contributed by atoms with Gasteiger partial charge >= 0.3 is 0 Å². The van der Waals surface area contributed by atoms with E-state index in [2.05, 4.69) is 33.8 Å². The molecule has 89 heavy (non-hydrogen) atoms. The van der Waals surface area contributed by atoms with Crippen LogP contribution in [0.1, 0.15) is 107 Å². The van der Waals surface area contributed by atoms with E-state index < -0.39 is 227 Å². The standard InChI is InChI=1S/C60H102O29/c1-23(9-13-35(57(4,5)79)87-55-50(89-54-47(77)42(72)38(68)29(20-63)83-54)43(73)39(69)31(85-55)22-80-51-45(75)40(70)36(66)27(18-61)81-51)24-15-16-58(6)32-12-10-25-26(60(32,8)33(65)17-59(24,58)7)11-14-34(56(25,2)3)86-52-48(78)44(74)49(30(21-64)84-52)88-53-46(76)41(71)37(67)28(19-62)82-53/h10,23-24,26-55,61-79H,9,11-22H2,1-8H3/t23-,24-,26-,27?,28?,29?,30?,31?,32+,33-,34+,35-,36+,37+,38+,39+,40+,41+,42+,43+,44-,45?,46?,47?,48?,49-,50?,51-,52+,53+,54+,55+,58+,59-,60+/m1/s1. The molecule has 9 aliphatic rings. The zero-order valence-electron chi connectivity index (χ0n) is 51.8. The molecule has 0 amide bonds. The third-order valence-corrected chi connectivity index (χ3v) is 22.9. The van der Waals surface area contributed by atoms with Crippen molar-refractivity contribution < 1.29 is 144 Å². The maximum atomic E-state index is 12.8. The number of hydrogen-bond acceptors (Lipinski definition) is 29. The van der Waals surface area contributed by atoms with Gasteiger partial charge in [-0.15, -0.1) is 0 Å². The van der Waals surface area contributed by atoms with E-state index in [0.29, 0.717) is 32.1 Å². The van der Waals surface area contributed by atoms with Gasteiger partial charge in [0.05, 0.1) is 56.9 Å². The van der Waals surface area contributed by atoms with Gasteiger partial charge in [-0.1, -0.05) is 53.2 Å². The second kappa shape index (κ2) is 27.6. The molecule has 35 atom stereocenters. The van der Waals surface area contributed by atoms with Gasteiger partial charge < -0.3 is 144 Å². The van der Waals surface area contributed by atoms with Gasteiger partial charge in [-0.05, 0) is 99.7 Å². The van der Waals surface area contributed by atoms with Crippen LogP contribution in [0.4, 0.5) is 0 Å². The summed E-state index contributed by atoms with van der Waals surface area (Å²) in [4.78, 5) is 0. The fourth-order valence-corrected chi connectivity index (χ4v) is 17.1. The van der Waals surface area contributed by atoms with Crippen LogP contribution < -0.4 is 0 Å². The van der Waals surface area contributed by atoms with Crippen molar-refractivity contribution in [1.82, 2.24) is 0 Å². The largest absolute Gasteiger partial charge is 0.394 e. The van der Waals surface area contributed by atoms with E-state index in [1.807, 2.05) is 13.8 Å². The lowest BCUT2D eigenvalue weighted by Gasteiger charge is -2.67. The van der Waals surface area contributed by atoms with Crippen LogP contribution in [0.3, 0.4) is 0 Å². The molecule has 0 aromatic rings. The molecule has 5 aliphatic heterocycles. The monoisotopic (exact) mass is 1290 g/mol. The minimum atomic E-state index is -1.96. The first-order valence-electron chi connectivity index (χ1n) is 31.6. The Bertz CT molecular complexity index is 2340. The highest BCUT2D eigenvalue weighted by Gasteiger charge is 2.71. The molecule has 8 fully saturated rings. The summed E-state index contributed by atoms with van der Waals surface area (Å²) in [6.07, 6.45) is -37.7. The van der Waals surface area contributed by atoms with Crippen molar-refractivity contribution >= 4 is 0 Å². The minimum absolute atomic E-state index is 0.0310. The van der Waals surface area contributed by atoms with Gasteiger partial charge in [0.15, 0.2) is 31.5 Å². The number of aliphatic hydroxyl groups is 19. The van der Waals surface area contributed by atoms with Gasteiger partial charge in [0.1, 0.15) is 122 Å². The molecule has 0 spiro atoms. The van der Waals surface area contributed by atoms with E-state index in [-0.39, 0.29) is 35.5 Å². The molecule has 10 unspecified atom stereocenters. The molecule has 0 radical (unpaired) electrons. The normalized spacial score (nSPS) is 51.8. The summed E-state index contributed by atoms with van der Waals surface area (Å²) in [5, 5.41) is 205. The number of hydrogen-bond donors (Lipinski definition) is 19. The Morgan fingerprint density at radius 1 is 0.517 bits per heavy atom. The van der Waals surface area contributed by atoms with Crippen LogP contribution in [-0.2, 0) is 47.4 Å². The topological polar surface area (TPSA) is 477 Å². The van der Waals surface area contributed by atoms with Crippen LogP contribution in [0, 0.1) is 45.3 Å². The maximum absolute atomic E-state index is 12.8. The van der Waals surface area contributed by atoms with E-state index in [1.54, 1.807) is 0 Å². The summed E-state index contributed by atoms with van der Waals surface area (Å²) in [7, 11) is 0. The van der Waals surface area contributed by atoms with Crippen LogP contribution in [-0.4, -0.2) is 308 Å². The Balaban J connectivity index is 0.884. The summed E-state index contributed by atoms with van der Waals surface area (Å²) in [6.45, 7) is 12.3. The number of allylic oxidation sites excluding steroid dienone is 1. The molecule has 19 N–H and O–H groups in total. The van der Waals surface area contributed by atoms with Gasteiger partial charge in [-0.25, -0.2) is 0 Å². The van der Waals surface area contributed by atoms with E-state index in [9.17, 15) is 97.0 Å². The first kappa shape index (κ1) is 71.9. The Morgan fingerprint density at radius 2 is 0.978 bits per heavy atom. The first-order valence-corrected chi connectivity index (χ1v) is 31.6. The predicted molar refractivity (Wildman–Crippen MR) is 300 cm³/mol. The van der Waals surface area contributed by atoms with Crippen LogP contribution >= 0.6 is 0 Å². The third-order valence-electron chi connectivity index (χ3n) is 22.9. The molecule has 9 rings (SSSR count). The van der Waals surface area contributed by atoms with Crippen molar-refractivity contribution in [1.29, 1.82) is 0 Å². The SMILES string of the molecule is C[C@H](CC[C@@H](O[C@@H]1OC(CO[C@@H]2OC(CO)[C@H](O)[C@H](O)C2O)[C@H](O)[C@H](O)C1O[C@@H]1OC(CO)[C@H](O)[C@H](O)C1O)C(C)(C)O)[C@H]1CC[C@@]2(C)[C@@H]3CC=C4[C@@H](CC[C@H](O[C@@H]5OC(CO)[C@@H](O[C@@H]6OC(CO)[C@H](O)[C@H](O)C6O)[C@H](O)C5O)C4(C)C)[C@]3(C)[C@H](O)C[C@]12C. The Kier molecular flexibility index (Phi) is 22.3. The van der Waals surface area contributed by atoms with E-state index in [4.69, 9.17) is 47.4 Å². The lowest BCUT2D eigenvalue weighted by molar-refractivity contribution is -0.380. The highest BCUT2D eigenvalue weighted by atomic mass is 16.8. The van der Waals surface area contributed by atoms with Crippen LogP contribution in [0.5, 0.6) is 0 Å². The molecular weight excluding hydrogens is 1180 g/mol. The Hall–Kier alpha value is -1.42. The zero-order chi connectivity index (χ0) is 65.5. The molecule has 0 aromatic heterocycles. The van der Waals surface area contributed by atoms with Crippen molar-refractivity contribution in [3.8, 4) is 0 Å². The molecule has 0 aromatic carbocycles. The van der Waals surface area contributed by atoms with Gasteiger partial charge in [0.2, 0.25) is 0 Å². The quantitative estimate of drug-likeness (QED) is 0.0506. The third kappa shape index (κ3) is 13.0. The summed E-state index contributed by atoms with van der Waals surface area (Å²) < 4.78 is 59.5. The summed E-state index contributed by atoms with van der Waals surface area (Å²) in [5.74, 6) is -0.0172. The Morgan fingerprint density at radius 3 is 1.52 bits per heavy atom. The van der Waals surface area contributed by atoms with Crippen molar-refractivity contribution in [2.24, 2.45) is 45.3 Å². The molecule has 0 bridgehead atoms. The van der Waals surface area contributed by atoms with Gasteiger partial charge in [0, 0.05) is 10.8 Å². The number of rotatable bonds is 20. The van der Waals surface area contributed by atoms with Crippen molar-refractivity contribution in [2.45, 2.75) is 284 Å². The maximum Gasteiger partial charge on any atom is 0.187 e. The average molecular weight is 1290 g/mol. The van der Waals surface area contributed by atoms with Gasteiger partial charge in [-0.2, -0.15) is 0 Å². The van der Waals surface area contributed by atoms with Crippen molar-refractivity contribution in [3.05, 3.63) is 11.6 Å². The number of ether oxygens (including phenoxy) is 10. The fraction of sp³-hybridized carbons (Fsp3) is 0.967. The van der Waals surface area contributed by atoms with Gasteiger partial charge in [0.25, 0.3) is 0 Å². The molecular formula is C60H102O29. The van der Waals surface area contributed by atoms with Crippen molar-refractivity contribution in [3.63, 3.8) is 0 Å². The highest BCUT2D eigenvalue weighted by molar-refractivity contribution is 5.32. The average Bonchev–Trinajstić information content (AvgIpc) is 1.66. The second-order valence-electron chi connectivity index (χ2n) is 28.7. The molecule has 29 nitrogen and oxygen atoms in total. The predicted octanol–water partition coefficient (Wildman–Crippen LogP) is -5.41. The summed E-state index contributed by atoms with van der Waals surface area (Å²) in [6, 6.07) is 0. The van der Waals surface area contributed by atoms with E-state index in [1.165, 1.54) is 13.8 Å². The first-order chi connectivity index (χ1) is 41.7. The zero-order valence-corrected chi connectivity index (χ0v) is 51.8. The summed E-state index contributed by atoms with van der Waals surface area (Å²) in [5.41, 5.74) is -2.49. The lowest BCUT2D eigenvalue weighted by Crippen LogP contribution is -2.66. The van der Waals surface area contributed by atoms with Crippen LogP contribution in [0.25, 0.3) is 0 Å². The lowest BCUT2D eigenvalue weighted by atomic mass is 9.38. The fourth-order valence-electron chi connectivity index (χ4n) is 17.1. The minimum Gasteiger partial charge on any atom is -0.394 e. The van der Waals surface area contributed by atoms with E-state index in [0.717, 1.165) is 18.4 Å². The molecule has 29 heteroatoms. The highest BCUT2D eigenvalue weighted by Crippen LogP contribution is 2.75. The summed E-state index contributed by atoms with van der Waals surface area (Å²) >= 11 is 0. The van der Waals surface area contributed by atoms with Crippen LogP contribution in [0.2, 0.25) is 0 Å². The second-order valence-corrected chi connectivity index (χ2v) is 28.7. The molecule has 5 saturated heterocycles. The smallest absolute Gasteiger partial charge is 0.187 e. The Labute approximate surface area is 517 Å². The molecule has 3 saturated carbocycles. The van der Waals surface area contributed by atoms with Crippen LogP contribution in [0.15, 0.2) is 11.6 Å². The molecule has 516 valence electrons. The van der Waals surface area contributed by atoms with Crippen molar-refractivity contribution in [2.75, 3.05) is 33.0 Å². The number of aliphatic hydroxyl groups excluding tert-OH is 18. The molecule has 5 heterocycles. The van der Waals surface area contributed by atoms with Gasteiger partial charge in [-0.3, -0.25) is 0 Å². The molecule has 4 aliphatic carbocycles. The van der Waals surface area contributed by atoms with E-state index >= 15 is 0 Å².